The predicted octanol–water partition coefficient (Wildman–Crippen LogP) is 4.05. The Morgan fingerprint density at radius 3 is 2.04 bits per heavy atom. The summed E-state index contributed by atoms with van der Waals surface area (Å²) in [5, 5.41) is 9.03. The first kappa shape index (κ1) is 18.7. The smallest absolute Gasteiger partial charge is 0.320 e. The number of nitrogens with two attached hydrogens (primary N) is 1. The summed E-state index contributed by atoms with van der Waals surface area (Å²) in [6.07, 6.45) is 2.16. The van der Waals surface area contributed by atoms with E-state index in [1.54, 1.807) is 7.11 Å². The summed E-state index contributed by atoms with van der Waals surface area (Å²) in [5.74, 6) is 0.240. The minimum Gasteiger partial charge on any atom is -0.497 e. The maximum atomic E-state index is 11.0. The highest BCUT2D eigenvalue weighted by Crippen LogP contribution is 2.27. The number of carboxylic acids is 1. The fourth-order valence-corrected chi connectivity index (χ4v) is 2.57. The first-order valence-corrected chi connectivity index (χ1v) is 8.35. The van der Waals surface area contributed by atoms with E-state index in [1.807, 2.05) is 30.3 Å². The highest BCUT2D eigenvalue weighted by molar-refractivity contribution is 5.81. The van der Waals surface area contributed by atoms with E-state index < -0.39 is 12.0 Å². The molecule has 0 fully saturated rings. The van der Waals surface area contributed by atoms with Crippen LogP contribution in [0.1, 0.15) is 42.9 Å². The maximum Gasteiger partial charge on any atom is 0.320 e. The van der Waals surface area contributed by atoms with Crippen molar-refractivity contribution in [2.24, 2.45) is 5.73 Å². The summed E-state index contributed by atoms with van der Waals surface area (Å²) < 4.78 is 5.21. The third-order valence-electron chi connectivity index (χ3n) is 4.18. The van der Waals surface area contributed by atoms with Gasteiger partial charge < -0.3 is 15.6 Å². The third-order valence-corrected chi connectivity index (χ3v) is 4.18. The zero-order chi connectivity index (χ0) is 18.4. The molecule has 2 rings (SSSR count). The van der Waals surface area contributed by atoms with Crippen LogP contribution in [0.25, 0.3) is 5.57 Å². The van der Waals surface area contributed by atoms with E-state index in [0.29, 0.717) is 5.92 Å². The summed E-state index contributed by atoms with van der Waals surface area (Å²) >= 11 is 0. The van der Waals surface area contributed by atoms with Gasteiger partial charge in [-0.2, -0.15) is 0 Å². The van der Waals surface area contributed by atoms with Crippen LogP contribution in [-0.4, -0.2) is 24.2 Å². The lowest BCUT2D eigenvalue weighted by atomic mass is 9.93. The summed E-state index contributed by atoms with van der Waals surface area (Å²) in [6, 6.07) is 15.1. The standard InChI is InChI=1S/C21H25NO3/c1-14(2)15-4-6-16(7-5-15)19(12-13-20(22)21(23)24)17-8-10-18(25-3)11-9-17/h4-12,14,20H,13,22H2,1-3H3,(H,23,24)/b19-12+. The monoisotopic (exact) mass is 339 g/mol. The van der Waals surface area contributed by atoms with Crippen LogP contribution in [-0.2, 0) is 4.79 Å². The normalized spacial score (nSPS) is 12.9. The Hall–Kier alpha value is -2.59. The molecule has 0 saturated heterocycles. The van der Waals surface area contributed by atoms with Gasteiger partial charge in [0.2, 0.25) is 0 Å². The number of methoxy groups -OCH3 is 1. The van der Waals surface area contributed by atoms with Crippen molar-refractivity contribution < 1.29 is 14.6 Å². The molecular weight excluding hydrogens is 314 g/mol. The topological polar surface area (TPSA) is 72.5 Å². The second kappa shape index (κ2) is 8.49. The second-order valence-corrected chi connectivity index (χ2v) is 6.30. The molecule has 0 aliphatic carbocycles. The molecule has 4 nitrogen and oxygen atoms in total. The van der Waals surface area contributed by atoms with Gasteiger partial charge in [-0.05, 0) is 46.7 Å². The van der Waals surface area contributed by atoms with E-state index in [2.05, 4.69) is 38.1 Å². The van der Waals surface area contributed by atoms with Crippen molar-refractivity contribution in [3.05, 3.63) is 71.3 Å². The molecule has 4 heteroatoms. The van der Waals surface area contributed by atoms with E-state index in [4.69, 9.17) is 15.6 Å². The number of hydrogen-bond acceptors (Lipinski definition) is 3. The number of benzene rings is 2. The van der Waals surface area contributed by atoms with Gasteiger partial charge in [0.25, 0.3) is 0 Å². The molecule has 1 unspecified atom stereocenters. The van der Waals surface area contributed by atoms with Crippen molar-refractivity contribution in [2.75, 3.05) is 7.11 Å². The third kappa shape index (κ3) is 4.94. The molecule has 0 amide bonds. The Kier molecular flexibility index (Phi) is 6.37. The molecule has 0 bridgehead atoms. The Balaban J connectivity index is 2.39. The van der Waals surface area contributed by atoms with Gasteiger partial charge >= 0.3 is 5.97 Å². The molecule has 2 aromatic rings. The van der Waals surface area contributed by atoms with Crippen LogP contribution < -0.4 is 10.5 Å². The fraction of sp³-hybridized carbons (Fsp3) is 0.286. The van der Waals surface area contributed by atoms with Gasteiger partial charge in [-0.1, -0.05) is 56.3 Å². The van der Waals surface area contributed by atoms with E-state index in [-0.39, 0.29) is 6.42 Å². The Labute approximate surface area is 148 Å². The molecule has 25 heavy (non-hydrogen) atoms. The molecular formula is C21H25NO3. The maximum absolute atomic E-state index is 11.0. The Morgan fingerprint density at radius 1 is 1.08 bits per heavy atom. The zero-order valence-electron chi connectivity index (χ0n) is 14.9. The van der Waals surface area contributed by atoms with Crippen molar-refractivity contribution >= 4 is 11.5 Å². The zero-order valence-corrected chi connectivity index (χ0v) is 14.9. The SMILES string of the molecule is COc1ccc(/C(=C/CC(N)C(=O)O)c2ccc(C(C)C)cc2)cc1. The predicted molar refractivity (Wildman–Crippen MR) is 101 cm³/mol. The van der Waals surface area contributed by atoms with E-state index in [1.165, 1.54) is 5.56 Å². The van der Waals surface area contributed by atoms with E-state index in [0.717, 1.165) is 22.4 Å². The fourth-order valence-electron chi connectivity index (χ4n) is 2.57. The van der Waals surface area contributed by atoms with Gasteiger partial charge in [-0.25, -0.2) is 0 Å². The van der Waals surface area contributed by atoms with Gasteiger partial charge in [0.1, 0.15) is 11.8 Å². The van der Waals surface area contributed by atoms with Gasteiger partial charge in [-0.3, -0.25) is 4.79 Å². The molecule has 0 saturated carbocycles. The lowest BCUT2D eigenvalue weighted by molar-refractivity contribution is -0.138. The average Bonchev–Trinajstić information content (AvgIpc) is 2.62. The van der Waals surface area contributed by atoms with Crippen molar-refractivity contribution in [3.63, 3.8) is 0 Å². The number of carbonyl (C=O) groups is 1. The van der Waals surface area contributed by atoms with Gasteiger partial charge in [0, 0.05) is 0 Å². The molecule has 0 radical (unpaired) electrons. The molecule has 0 aliphatic heterocycles. The van der Waals surface area contributed by atoms with Crippen LogP contribution in [0.2, 0.25) is 0 Å². The number of carboxylic acid groups (broad SMARTS) is 1. The Bertz CT molecular complexity index is 731. The highest BCUT2D eigenvalue weighted by atomic mass is 16.5. The summed E-state index contributed by atoms with van der Waals surface area (Å²) in [5.41, 5.74) is 9.93. The van der Waals surface area contributed by atoms with Gasteiger partial charge in [-0.15, -0.1) is 0 Å². The molecule has 0 heterocycles. The summed E-state index contributed by atoms with van der Waals surface area (Å²) in [7, 11) is 1.63. The second-order valence-electron chi connectivity index (χ2n) is 6.30. The van der Waals surface area contributed by atoms with Crippen molar-refractivity contribution in [1.29, 1.82) is 0 Å². The van der Waals surface area contributed by atoms with Crippen molar-refractivity contribution in [2.45, 2.75) is 32.2 Å². The van der Waals surface area contributed by atoms with Gasteiger partial charge in [0.15, 0.2) is 0 Å². The number of ether oxygens (including phenoxy) is 1. The summed E-state index contributed by atoms with van der Waals surface area (Å²) in [4.78, 5) is 11.0. The Morgan fingerprint density at radius 2 is 1.60 bits per heavy atom. The van der Waals surface area contributed by atoms with Crippen LogP contribution in [0.3, 0.4) is 0 Å². The van der Waals surface area contributed by atoms with Crippen LogP contribution in [0.15, 0.2) is 54.6 Å². The minimum atomic E-state index is -1.000. The molecule has 2 aromatic carbocycles. The van der Waals surface area contributed by atoms with Crippen LogP contribution >= 0.6 is 0 Å². The number of hydrogen-bond donors (Lipinski definition) is 2. The highest BCUT2D eigenvalue weighted by Gasteiger charge is 2.12. The van der Waals surface area contributed by atoms with Crippen molar-refractivity contribution in [1.82, 2.24) is 0 Å². The van der Waals surface area contributed by atoms with Crippen LogP contribution in [0.4, 0.5) is 0 Å². The van der Waals surface area contributed by atoms with E-state index >= 15 is 0 Å². The quantitative estimate of drug-likeness (QED) is 0.798. The summed E-state index contributed by atoms with van der Waals surface area (Å²) in [6.45, 7) is 4.31. The first-order chi connectivity index (χ1) is 11.9. The van der Waals surface area contributed by atoms with Gasteiger partial charge in [0.05, 0.1) is 7.11 Å². The molecule has 1 atom stereocenters. The lowest BCUT2D eigenvalue weighted by Crippen LogP contribution is -2.29. The molecule has 0 aliphatic rings. The molecule has 3 N–H and O–H groups in total. The average molecular weight is 339 g/mol. The molecule has 0 spiro atoms. The first-order valence-electron chi connectivity index (χ1n) is 8.35. The largest absolute Gasteiger partial charge is 0.497 e. The molecule has 132 valence electrons. The molecule has 0 aromatic heterocycles. The number of aliphatic carboxylic acids is 1. The number of rotatable bonds is 7. The minimum absolute atomic E-state index is 0.266. The van der Waals surface area contributed by atoms with Crippen LogP contribution in [0.5, 0.6) is 5.75 Å². The van der Waals surface area contributed by atoms with Crippen LogP contribution in [0, 0.1) is 0 Å². The van der Waals surface area contributed by atoms with E-state index in [9.17, 15) is 4.79 Å². The lowest BCUT2D eigenvalue weighted by Gasteiger charge is -2.13. The van der Waals surface area contributed by atoms with Crippen molar-refractivity contribution in [3.8, 4) is 5.75 Å².